The van der Waals surface area contributed by atoms with Crippen molar-refractivity contribution in [3.63, 3.8) is 0 Å². The molecule has 18 heavy (non-hydrogen) atoms. The zero-order chi connectivity index (χ0) is 12.1. The van der Waals surface area contributed by atoms with E-state index in [1.807, 2.05) is 0 Å². The SMILES string of the molecule is Cl.O=C(NCC(O)C1CCCC1)C1CCNCC1. The number of aliphatic hydroxyl groups excluding tert-OH is 1. The summed E-state index contributed by atoms with van der Waals surface area (Å²) < 4.78 is 0. The van der Waals surface area contributed by atoms with Gasteiger partial charge in [0.25, 0.3) is 0 Å². The molecule has 1 aliphatic carbocycles. The molecule has 5 heteroatoms. The fraction of sp³-hybridized carbons (Fsp3) is 0.923. The van der Waals surface area contributed by atoms with Crippen molar-refractivity contribution in [2.75, 3.05) is 19.6 Å². The molecule has 0 aromatic heterocycles. The third-order valence-electron chi connectivity index (χ3n) is 4.14. The van der Waals surface area contributed by atoms with E-state index in [0.29, 0.717) is 12.5 Å². The highest BCUT2D eigenvalue weighted by Gasteiger charge is 2.25. The lowest BCUT2D eigenvalue weighted by molar-refractivity contribution is -0.126. The second-order valence-corrected chi connectivity index (χ2v) is 5.38. The highest BCUT2D eigenvalue weighted by Crippen LogP contribution is 2.27. The van der Waals surface area contributed by atoms with E-state index < -0.39 is 0 Å². The predicted molar refractivity (Wildman–Crippen MR) is 73.8 cm³/mol. The Morgan fingerprint density at radius 1 is 1.22 bits per heavy atom. The maximum atomic E-state index is 11.9. The third kappa shape index (κ3) is 4.41. The molecule has 2 aliphatic rings. The lowest BCUT2D eigenvalue weighted by Crippen LogP contribution is -2.42. The summed E-state index contributed by atoms with van der Waals surface area (Å²) in [6, 6.07) is 0. The van der Waals surface area contributed by atoms with Gasteiger partial charge in [0.05, 0.1) is 6.10 Å². The molecule has 3 N–H and O–H groups in total. The van der Waals surface area contributed by atoms with Crippen LogP contribution in [-0.2, 0) is 4.79 Å². The smallest absolute Gasteiger partial charge is 0.223 e. The first-order chi connectivity index (χ1) is 8.27. The van der Waals surface area contributed by atoms with Crippen molar-refractivity contribution in [2.45, 2.75) is 44.6 Å². The summed E-state index contributed by atoms with van der Waals surface area (Å²) in [4.78, 5) is 11.9. The summed E-state index contributed by atoms with van der Waals surface area (Å²) in [5.74, 6) is 0.680. The number of hydrogen-bond acceptors (Lipinski definition) is 3. The topological polar surface area (TPSA) is 61.4 Å². The van der Waals surface area contributed by atoms with Crippen LogP contribution in [0.5, 0.6) is 0 Å². The quantitative estimate of drug-likeness (QED) is 0.720. The number of nitrogens with one attached hydrogen (secondary N) is 2. The summed E-state index contributed by atoms with van der Waals surface area (Å²) >= 11 is 0. The second-order valence-electron chi connectivity index (χ2n) is 5.38. The Kier molecular flexibility index (Phi) is 6.97. The van der Waals surface area contributed by atoms with Crippen molar-refractivity contribution in [1.29, 1.82) is 0 Å². The first-order valence-electron chi connectivity index (χ1n) is 6.94. The fourth-order valence-corrected chi connectivity index (χ4v) is 2.94. The molecular formula is C13H25ClN2O2. The average Bonchev–Trinajstić information content (AvgIpc) is 2.90. The van der Waals surface area contributed by atoms with Gasteiger partial charge in [0, 0.05) is 12.5 Å². The van der Waals surface area contributed by atoms with Crippen molar-refractivity contribution in [2.24, 2.45) is 11.8 Å². The van der Waals surface area contributed by atoms with Gasteiger partial charge in [-0.3, -0.25) is 4.79 Å². The standard InChI is InChI=1S/C13H24N2O2.ClH/c16-12(10-3-1-2-4-10)9-15-13(17)11-5-7-14-8-6-11;/h10-12,14,16H,1-9H2,(H,15,17);1H. The predicted octanol–water partition coefficient (Wildman–Crippen LogP) is 1.08. The monoisotopic (exact) mass is 276 g/mol. The van der Waals surface area contributed by atoms with Crippen LogP contribution in [0.15, 0.2) is 0 Å². The highest BCUT2D eigenvalue weighted by molar-refractivity contribution is 5.85. The van der Waals surface area contributed by atoms with Gasteiger partial charge in [-0.1, -0.05) is 12.8 Å². The molecule has 0 bridgehead atoms. The molecule has 1 heterocycles. The zero-order valence-electron chi connectivity index (χ0n) is 10.9. The molecule has 1 saturated heterocycles. The van der Waals surface area contributed by atoms with Crippen LogP contribution in [0.2, 0.25) is 0 Å². The Morgan fingerprint density at radius 2 is 1.83 bits per heavy atom. The number of carbonyl (C=O) groups is 1. The number of carbonyl (C=O) groups excluding carboxylic acids is 1. The maximum Gasteiger partial charge on any atom is 0.223 e. The van der Waals surface area contributed by atoms with E-state index in [-0.39, 0.29) is 30.3 Å². The van der Waals surface area contributed by atoms with E-state index in [2.05, 4.69) is 10.6 Å². The average molecular weight is 277 g/mol. The van der Waals surface area contributed by atoms with Crippen molar-refractivity contribution in [1.82, 2.24) is 10.6 Å². The Hall–Kier alpha value is -0.320. The first-order valence-corrected chi connectivity index (χ1v) is 6.94. The molecule has 0 aromatic carbocycles. The maximum absolute atomic E-state index is 11.9. The van der Waals surface area contributed by atoms with Crippen molar-refractivity contribution < 1.29 is 9.90 Å². The molecule has 1 aliphatic heterocycles. The van der Waals surface area contributed by atoms with E-state index in [1.54, 1.807) is 0 Å². The van der Waals surface area contributed by atoms with E-state index >= 15 is 0 Å². The van der Waals surface area contributed by atoms with Crippen LogP contribution >= 0.6 is 12.4 Å². The van der Waals surface area contributed by atoms with Crippen molar-refractivity contribution >= 4 is 18.3 Å². The minimum atomic E-state index is -0.344. The van der Waals surface area contributed by atoms with E-state index in [9.17, 15) is 9.90 Å². The number of hydrogen-bond donors (Lipinski definition) is 3. The second kappa shape index (κ2) is 7.97. The molecule has 1 atom stereocenters. The van der Waals surface area contributed by atoms with Crippen LogP contribution in [0.25, 0.3) is 0 Å². The molecule has 0 aromatic rings. The Balaban J connectivity index is 0.00000162. The summed E-state index contributed by atoms with van der Waals surface area (Å²) in [7, 11) is 0. The van der Waals surface area contributed by atoms with Crippen molar-refractivity contribution in [3.8, 4) is 0 Å². The van der Waals surface area contributed by atoms with Crippen LogP contribution in [0.3, 0.4) is 0 Å². The highest BCUT2D eigenvalue weighted by atomic mass is 35.5. The van der Waals surface area contributed by atoms with Gasteiger partial charge in [-0.25, -0.2) is 0 Å². The normalized spacial score (nSPS) is 23.4. The first kappa shape index (κ1) is 15.7. The van der Waals surface area contributed by atoms with Crippen LogP contribution in [0.1, 0.15) is 38.5 Å². The number of halogens is 1. The number of rotatable bonds is 4. The number of piperidine rings is 1. The van der Waals surface area contributed by atoms with Gasteiger partial charge in [-0.15, -0.1) is 12.4 Å². The van der Waals surface area contributed by atoms with Gasteiger partial charge in [0.2, 0.25) is 5.91 Å². The minimum Gasteiger partial charge on any atom is -0.391 e. The van der Waals surface area contributed by atoms with E-state index in [4.69, 9.17) is 0 Å². The Bertz CT molecular complexity index is 251. The Morgan fingerprint density at radius 3 is 2.44 bits per heavy atom. The van der Waals surface area contributed by atoms with Gasteiger partial charge >= 0.3 is 0 Å². The van der Waals surface area contributed by atoms with E-state index in [0.717, 1.165) is 38.8 Å². The fourth-order valence-electron chi connectivity index (χ4n) is 2.94. The molecule has 0 radical (unpaired) electrons. The van der Waals surface area contributed by atoms with Crippen LogP contribution in [0, 0.1) is 11.8 Å². The number of amides is 1. The van der Waals surface area contributed by atoms with Crippen LogP contribution in [0.4, 0.5) is 0 Å². The van der Waals surface area contributed by atoms with Crippen LogP contribution < -0.4 is 10.6 Å². The lowest BCUT2D eigenvalue weighted by Gasteiger charge is -2.23. The summed E-state index contributed by atoms with van der Waals surface area (Å²) in [5.41, 5.74) is 0. The van der Waals surface area contributed by atoms with Gasteiger partial charge in [0.15, 0.2) is 0 Å². The molecular weight excluding hydrogens is 252 g/mol. The molecule has 0 spiro atoms. The summed E-state index contributed by atoms with van der Waals surface area (Å²) in [5, 5.41) is 16.1. The molecule has 2 rings (SSSR count). The van der Waals surface area contributed by atoms with Gasteiger partial charge in [-0.2, -0.15) is 0 Å². The molecule has 2 fully saturated rings. The summed E-state index contributed by atoms with van der Waals surface area (Å²) in [6.45, 7) is 2.31. The largest absolute Gasteiger partial charge is 0.391 e. The zero-order valence-corrected chi connectivity index (χ0v) is 11.7. The molecule has 1 amide bonds. The lowest BCUT2D eigenvalue weighted by atomic mass is 9.96. The van der Waals surface area contributed by atoms with Crippen LogP contribution in [-0.4, -0.2) is 36.8 Å². The van der Waals surface area contributed by atoms with Gasteiger partial charge < -0.3 is 15.7 Å². The molecule has 4 nitrogen and oxygen atoms in total. The minimum absolute atomic E-state index is 0. The summed E-state index contributed by atoms with van der Waals surface area (Å²) in [6.07, 6.45) is 6.18. The van der Waals surface area contributed by atoms with E-state index in [1.165, 1.54) is 12.8 Å². The number of aliphatic hydroxyl groups is 1. The van der Waals surface area contributed by atoms with Gasteiger partial charge in [0.1, 0.15) is 0 Å². The molecule has 106 valence electrons. The molecule has 1 saturated carbocycles. The van der Waals surface area contributed by atoms with Crippen molar-refractivity contribution in [3.05, 3.63) is 0 Å². The third-order valence-corrected chi connectivity index (χ3v) is 4.14. The molecule has 1 unspecified atom stereocenters. The van der Waals surface area contributed by atoms with Gasteiger partial charge in [-0.05, 0) is 44.7 Å². The Labute approximate surface area is 115 Å².